The summed E-state index contributed by atoms with van der Waals surface area (Å²) in [5.74, 6) is -0.111. The van der Waals surface area contributed by atoms with Crippen molar-refractivity contribution < 1.29 is 9.72 Å². The third-order valence-corrected chi connectivity index (χ3v) is 7.09. The van der Waals surface area contributed by atoms with Crippen LogP contribution in [0.4, 0.5) is 11.4 Å². The van der Waals surface area contributed by atoms with Crippen molar-refractivity contribution >= 4 is 51.7 Å². The summed E-state index contributed by atoms with van der Waals surface area (Å²) in [6.45, 7) is 5.60. The van der Waals surface area contributed by atoms with Gasteiger partial charge in [0, 0.05) is 37.6 Å². The fraction of sp³-hybridized carbons (Fsp3) is 0.333. The van der Waals surface area contributed by atoms with E-state index in [0.29, 0.717) is 14.9 Å². The number of carbonyl (C=O) groups excluding carboxylic acids is 1. The first-order valence-electron chi connectivity index (χ1n) is 9.72. The van der Waals surface area contributed by atoms with Crippen LogP contribution >= 0.6 is 24.0 Å². The maximum atomic E-state index is 12.3. The first-order valence-corrected chi connectivity index (χ1v) is 10.9. The molecule has 0 saturated carbocycles. The highest BCUT2D eigenvalue weighted by Crippen LogP contribution is 2.36. The molecule has 0 N–H and O–H groups in total. The molecule has 1 aromatic carbocycles. The lowest BCUT2D eigenvalue weighted by Crippen LogP contribution is -2.22. The van der Waals surface area contributed by atoms with Crippen LogP contribution in [0.3, 0.4) is 0 Å². The van der Waals surface area contributed by atoms with E-state index in [1.54, 1.807) is 13.1 Å². The second-order valence-electron chi connectivity index (χ2n) is 7.53. The summed E-state index contributed by atoms with van der Waals surface area (Å²) < 4.78 is 2.52. The topological polar surface area (TPSA) is 71.6 Å². The minimum absolute atomic E-state index is 0.111. The highest BCUT2D eigenvalue weighted by molar-refractivity contribution is 8.26. The Kier molecular flexibility index (Phi) is 5.42. The van der Waals surface area contributed by atoms with Gasteiger partial charge < -0.3 is 9.47 Å². The highest BCUT2D eigenvalue weighted by Gasteiger charge is 2.29. The van der Waals surface area contributed by atoms with Crippen molar-refractivity contribution in [1.82, 2.24) is 9.47 Å². The second kappa shape index (κ2) is 7.88. The Morgan fingerprint density at radius 2 is 1.90 bits per heavy atom. The predicted molar refractivity (Wildman–Crippen MR) is 124 cm³/mol. The number of rotatable bonds is 4. The first-order chi connectivity index (χ1) is 14.3. The molecule has 2 aliphatic heterocycles. The molecule has 2 aliphatic rings. The van der Waals surface area contributed by atoms with Crippen LogP contribution in [0.5, 0.6) is 0 Å². The Morgan fingerprint density at radius 3 is 2.50 bits per heavy atom. The van der Waals surface area contributed by atoms with Gasteiger partial charge >= 0.3 is 0 Å². The van der Waals surface area contributed by atoms with Crippen LogP contribution in [0.1, 0.15) is 29.8 Å². The number of likely N-dealkylation sites (N-methyl/N-ethyl adjacent to an activating group) is 1. The number of nitro benzene ring substituents is 1. The van der Waals surface area contributed by atoms with Crippen LogP contribution in [-0.4, -0.2) is 44.8 Å². The fourth-order valence-electron chi connectivity index (χ4n) is 4.04. The van der Waals surface area contributed by atoms with Crippen LogP contribution in [0.25, 0.3) is 11.8 Å². The normalized spacial score (nSPS) is 18.2. The minimum Gasteiger partial charge on any atom is -0.366 e. The molecule has 9 heteroatoms. The van der Waals surface area contributed by atoms with Crippen LogP contribution in [0.2, 0.25) is 0 Å². The molecule has 3 heterocycles. The van der Waals surface area contributed by atoms with E-state index in [1.165, 1.54) is 16.7 Å². The van der Waals surface area contributed by atoms with Crippen molar-refractivity contribution in [3.8, 4) is 5.69 Å². The number of hydrogen-bond donors (Lipinski definition) is 0. The van der Waals surface area contributed by atoms with Gasteiger partial charge in [-0.3, -0.25) is 19.8 Å². The predicted octanol–water partition coefficient (Wildman–Crippen LogP) is 4.43. The maximum Gasteiger partial charge on any atom is 0.294 e. The smallest absolute Gasteiger partial charge is 0.294 e. The van der Waals surface area contributed by atoms with Gasteiger partial charge in [-0.05, 0) is 56.5 Å². The van der Waals surface area contributed by atoms with Crippen LogP contribution in [0, 0.1) is 24.0 Å². The van der Waals surface area contributed by atoms with Gasteiger partial charge in [0.2, 0.25) is 0 Å². The average molecular weight is 443 g/mol. The minimum atomic E-state index is -0.307. The van der Waals surface area contributed by atoms with Gasteiger partial charge in [0.1, 0.15) is 10.0 Å². The van der Waals surface area contributed by atoms with Gasteiger partial charge in [-0.1, -0.05) is 24.0 Å². The molecule has 7 nitrogen and oxygen atoms in total. The summed E-state index contributed by atoms with van der Waals surface area (Å²) >= 11 is 6.49. The van der Waals surface area contributed by atoms with E-state index in [4.69, 9.17) is 12.2 Å². The van der Waals surface area contributed by atoms with E-state index in [-0.39, 0.29) is 16.5 Å². The summed E-state index contributed by atoms with van der Waals surface area (Å²) in [5, 5.41) is 11.8. The van der Waals surface area contributed by atoms with Gasteiger partial charge in [-0.2, -0.15) is 0 Å². The number of benzene rings is 1. The van der Waals surface area contributed by atoms with E-state index >= 15 is 0 Å². The lowest BCUT2D eigenvalue weighted by molar-refractivity contribution is -0.384. The van der Waals surface area contributed by atoms with Crippen molar-refractivity contribution in [3.05, 3.63) is 56.2 Å². The van der Waals surface area contributed by atoms with Crippen molar-refractivity contribution in [2.24, 2.45) is 0 Å². The molecule has 0 unspecified atom stereocenters. The zero-order valence-corrected chi connectivity index (χ0v) is 18.7. The number of thioether (sulfide) groups is 1. The molecule has 156 valence electrons. The zero-order chi connectivity index (χ0) is 21.6. The van der Waals surface area contributed by atoms with E-state index in [1.807, 2.05) is 42.7 Å². The summed E-state index contributed by atoms with van der Waals surface area (Å²) in [7, 11) is 1.67. The van der Waals surface area contributed by atoms with E-state index in [9.17, 15) is 14.9 Å². The summed E-state index contributed by atoms with van der Waals surface area (Å²) in [5.41, 5.74) is 4.28. The molecular formula is C21H22N4O3S2. The van der Waals surface area contributed by atoms with Gasteiger partial charge in [0.25, 0.3) is 11.6 Å². The maximum absolute atomic E-state index is 12.3. The molecule has 30 heavy (non-hydrogen) atoms. The molecule has 2 saturated heterocycles. The number of amides is 1. The average Bonchev–Trinajstić information content (AvgIpc) is 3.39. The van der Waals surface area contributed by atoms with E-state index in [2.05, 4.69) is 4.90 Å². The molecule has 0 radical (unpaired) electrons. The lowest BCUT2D eigenvalue weighted by atomic mass is 10.2. The quantitative estimate of drug-likeness (QED) is 0.302. The highest BCUT2D eigenvalue weighted by atomic mass is 32.2. The molecule has 0 spiro atoms. The molecule has 2 aromatic rings. The van der Waals surface area contributed by atoms with Gasteiger partial charge in [-0.15, -0.1) is 0 Å². The number of anilines is 1. The molecule has 1 aromatic heterocycles. The van der Waals surface area contributed by atoms with Crippen LogP contribution in [0.15, 0.2) is 29.2 Å². The third kappa shape index (κ3) is 3.52. The van der Waals surface area contributed by atoms with E-state index < -0.39 is 0 Å². The summed E-state index contributed by atoms with van der Waals surface area (Å²) in [6, 6.07) is 7.40. The lowest BCUT2D eigenvalue weighted by Gasteiger charge is -2.19. The molecule has 0 aliphatic carbocycles. The number of nitrogens with zero attached hydrogens (tertiary/aromatic N) is 4. The number of aromatic nitrogens is 1. The molecule has 0 bridgehead atoms. The van der Waals surface area contributed by atoms with Crippen LogP contribution < -0.4 is 4.90 Å². The van der Waals surface area contributed by atoms with Crippen LogP contribution in [-0.2, 0) is 4.79 Å². The number of hydrogen-bond acceptors (Lipinski definition) is 6. The Labute approximate surface area is 184 Å². The standard InChI is InChI=1S/C21H22N4O3S2/c1-13-10-15(11-19-20(26)22(3)21(29)30-19)14(2)24(13)16-6-7-17(18(12-16)25(27)28)23-8-4-5-9-23/h6-7,10-12H,4-5,8-9H2,1-3H3/b19-11-. The summed E-state index contributed by atoms with van der Waals surface area (Å²) in [4.78, 5) is 27.9. The number of thiocarbonyl (C=S) groups is 1. The second-order valence-corrected chi connectivity index (χ2v) is 9.20. The SMILES string of the molecule is Cc1cc(/C=C2\SC(=S)N(C)C2=O)c(C)n1-c1ccc(N2CCCC2)c([N+](=O)[O-])c1. The molecule has 2 fully saturated rings. The van der Waals surface area contributed by atoms with Gasteiger partial charge in [0.15, 0.2) is 0 Å². The monoisotopic (exact) mass is 442 g/mol. The van der Waals surface area contributed by atoms with Gasteiger partial charge in [-0.25, -0.2) is 0 Å². The summed E-state index contributed by atoms with van der Waals surface area (Å²) in [6.07, 6.45) is 3.96. The Balaban J connectivity index is 1.75. The molecule has 0 atom stereocenters. The third-order valence-electron chi connectivity index (χ3n) is 5.60. The number of aryl methyl sites for hydroxylation is 1. The van der Waals surface area contributed by atoms with E-state index in [0.717, 1.165) is 48.6 Å². The van der Waals surface area contributed by atoms with Crippen molar-refractivity contribution in [1.29, 1.82) is 0 Å². The Morgan fingerprint density at radius 1 is 1.20 bits per heavy atom. The first kappa shape index (κ1) is 20.6. The van der Waals surface area contributed by atoms with Crippen molar-refractivity contribution in [2.75, 3.05) is 25.0 Å². The fourth-order valence-corrected chi connectivity index (χ4v) is 5.21. The van der Waals surface area contributed by atoms with Crippen molar-refractivity contribution in [2.45, 2.75) is 26.7 Å². The molecule has 1 amide bonds. The van der Waals surface area contributed by atoms with Gasteiger partial charge in [0.05, 0.1) is 15.5 Å². The largest absolute Gasteiger partial charge is 0.366 e. The number of carbonyl (C=O) groups is 1. The zero-order valence-electron chi connectivity index (χ0n) is 17.0. The van der Waals surface area contributed by atoms with Crippen molar-refractivity contribution in [3.63, 3.8) is 0 Å². The number of nitro groups is 1. The molecule has 4 rings (SSSR count). The Bertz CT molecular complexity index is 1100. The molecular weight excluding hydrogens is 420 g/mol. The Hall–Kier alpha value is -2.65.